The molecule has 3 aromatic carbocycles. The van der Waals surface area contributed by atoms with Crippen molar-refractivity contribution in [3.63, 3.8) is 0 Å². The number of para-hydroxylation sites is 1. The van der Waals surface area contributed by atoms with Gasteiger partial charge < -0.3 is 15.0 Å². The fourth-order valence-electron chi connectivity index (χ4n) is 4.38. The highest BCUT2D eigenvalue weighted by atomic mass is 32.2. The first-order valence-electron chi connectivity index (χ1n) is 13.3. The van der Waals surface area contributed by atoms with Gasteiger partial charge in [-0.15, -0.1) is 0 Å². The Morgan fingerprint density at radius 1 is 0.925 bits per heavy atom. The number of sulfonamides is 1. The number of methoxy groups -OCH3 is 1. The summed E-state index contributed by atoms with van der Waals surface area (Å²) in [4.78, 5) is 29.3. The van der Waals surface area contributed by atoms with Crippen molar-refractivity contribution >= 4 is 27.5 Å². The Morgan fingerprint density at radius 3 is 2.20 bits per heavy atom. The summed E-state index contributed by atoms with van der Waals surface area (Å²) in [6.45, 7) is 5.88. The van der Waals surface area contributed by atoms with Crippen LogP contribution in [0.15, 0.2) is 78.9 Å². The summed E-state index contributed by atoms with van der Waals surface area (Å²) < 4.78 is 32.3. The van der Waals surface area contributed by atoms with Gasteiger partial charge in [0.05, 0.1) is 19.1 Å². The Balaban J connectivity index is 2.07. The number of anilines is 1. The quantitative estimate of drug-likeness (QED) is 0.336. The first kappa shape index (κ1) is 30.7. The largest absolute Gasteiger partial charge is 0.497 e. The molecule has 0 unspecified atom stereocenters. The van der Waals surface area contributed by atoms with Crippen LogP contribution in [0, 0.1) is 12.8 Å². The first-order valence-corrected chi connectivity index (χ1v) is 15.1. The molecule has 2 amide bonds. The van der Waals surface area contributed by atoms with E-state index < -0.39 is 28.5 Å². The van der Waals surface area contributed by atoms with Gasteiger partial charge >= 0.3 is 0 Å². The van der Waals surface area contributed by atoms with Crippen molar-refractivity contribution < 1.29 is 22.7 Å². The van der Waals surface area contributed by atoms with E-state index in [0.29, 0.717) is 18.0 Å². The molecule has 3 aromatic rings. The molecular weight excluding hydrogens is 526 g/mol. The van der Waals surface area contributed by atoms with Gasteiger partial charge in [0.2, 0.25) is 21.8 Å². The van der Waals surface area contributed by atoms with Gasteiger partial charge in [0.25, 0.3) is 0 Å². The van der Waals surface area contributed by atoms with Crippen molar-refractivity contribution in [1.29, 1.82) is 0 Å². The summed E-state index contributed by atoms with van der Waals surface area (Å²) in [6.07, 6.45) is 1.35. The Labute approximate surface area is 238 Å². The van der Waals surface area contributed by atoms with Crippen LogP contribution in [-0.2, 0) is 32.6 Å². The predicted octanol–water partition coefficient (Wildman–Crippen LogP) is 4.18. The van der Waals surface area contributed by atoms with Crippen LogP contribution >= 0.6 is 0 Å². The van der Waals surface area contributed by atoms with Crippen LogP contribution < -0.4 is 14.4 Å². The molecule has 0 heterocycles. The third-order valence-corrected chi connectivity index (χ3v) is 7.63. The van der Waals surface area contributed by atoms with Crippen LogP contribution in [0.1, 0.15) is 30.5 Å². The zero-order valence-corrected chi connectivity index (χ0v) is 24.6. The van der Waals surface area contributed by atoms with Crippen molar-refractivity contribution in [2.45, 2.75) is 39.8 Å². The Morgan fingerprint density at radius 2 is 1.57 bits per heavy atom. The molecular formula is C31H39N3O5S. The van der Waals surface area contributed by atoms with Crippen molar-refractivity contribution in [1.82, 2.24) is 10.2 Å². The summed E-state index contributed by atoms with van der Waals surface area (Å²) >= 11 is 0. The number of hydrogen-bond donors (Lipinski definition) is 1. The van der Waals surface area contributed by atoms with Gasteiger partial charge in [-0.1, -0.05) is 74.5 Å². The van der Waals surface area contributed by atoms with E-state index >= 15 is 0 Å². The molecule has 0 aliphatic heterocycles. The van der Waals surface area contributed by atoms with Crippen LogP contribution in [0.3, 0.4) is 0 Å². The molecule has 1 N–H and O–H groups in total. The third-order valence-electron chi connectivity index (χ3n) is 6.51. The number of amides is 2. The topological polar surface area (TPSA) is 96.0 Å². The van der Waals surface area contributed by atoms with Gasteiger partial charge in [0.15, 0.2) is 0 Å². The molecule has 0 saturated carbocycles. The Kier molecular flexibility index (Phi) is 10.7. The number of carbonyl (C=O) groups is 2. The second-order valence-electron chi connectivity index (χ2n) is 10.3. The third kappa shape index (κ3) is 8.58. The zero-order valence-electron chi connectivity index (χ0n) is 23.8. The minimum atomic E-state index is -3.81. The molecule has 0 aromatic heterocycles. The van der Waals surface area contributed by atoms with Gasteiger partial charge in [-0.2, -0.15) is 0 Å². The molecule has 1 atom stereocenters. The summed E-state index contributed by atoms with van der Waals surface area (Å²) in [7, 11) is -2.25. The van der Waals surface area contributed by atoms with Gasteiger partial charge in [0, 0.05) is 19.5 Å². The lowest BCUT2D eigenvalue weighted by Crippen LogP contribution is -2.53. The van der Waals surface area contributed by atoms with E-state index in [4.69, 9.17) is 4.74 Å². The van der Waals surface area contributed by atoms with Crippen molar-refractivity contribution in [3.05, 3.63) is 95.6 Å². The van der Waals surface area contributed by atoms with Crippen LogP contribution in [0.25, 0.3) is 0 Å². The van der Waals surface area contributed by atoms with E-state index in [0.717, 1.165) is 27.3 Å². The number of nitrogens with zero attached hydrogens (tertiary/aromatic N) is 2. The normalized spacial score (nSPS) is 12.1. The maximum Gasteiger partial charge on any atom is 0.244 e. The monoisotopic (exact) mass is 565 g/mol. The summed E-state index contributed by atoms with van der Waals surface area (Å²) in [5, 5.41) is 2.98. The highest BCUT2D eigenvalue weighted by Crippen LogP contribution is 2.24. The second-order valence-corrected chi connectivity index (χ2v) is 12.2. The minimum absolute atomic E-state index is 0.0913. The van der Waals surface area contributed by atoms with E-state index in [1.54, 1.807) is 38.3 Å². The maximum atomic E-state index is 14.1. The maximum absolute atomic E-state index is 14.1. The smallest absolute Gasteiger partial charge is 0.244 e. The number of rotatable bonds is 13. The van der Waals surface area contributed by atoms with E-state index in [9.17, 15) is 18.0 Å². The lowest BCUT2D eigenvalue weighted by Gasteiger charge is -2.34. The molecule has 0 fully saturated rings. The first-order chi connectivity index (χ1) is 19.0. The highest BCUT2D eigenvalue weighted by Gasteiger charge is 2.33. The van der Waals surface area contributed by atoms with Crippen LogP contribution in [0.5, 0.6) is 5.75 Å². The standard InChI is InChI=1S/C31H39N3O5S/c1-23(2)20-32-31(36)29(19-25-13-7-6-8-14-25)33(21-26-15-11-16-27(18-26)39-4)30(35)22-34(40(5,37)38)28-17-10-9-12-24(28)3/h6-18,23,29H,19-22H2,1-5H3,(H,32,36)/t29-/m1/s1. The predicted molar refractivity (Wildman–Crippen MR) is 159 cm³/mol. The molecule has 8 nitrogen and oxygen atoms in total. The number of ether oxygens (including phenoxy) is 1. The molecule has 0 aliphatic rings. The fourth-order valence-corrected chi connectivity index (χ4v) is 5.29. The number of carbonyl (C=O) groups excluding carboxylic acids is 2. The number of hydrogen-bond acceptors (Lipinski definition) is 5. The summed E-state index contributed by atoms with van der Waals surface area (Å²) in [5.41, 5.74) is 2.78. The van der Waals surface area contributed by atoms with Gasteiger partial charge in [-0.05, 0) is 47.7 Å². The van der Waals surface area contributed by atoms with Crippen LogP contribution in [0.2, 0.25) is 0 Å². The van der Waals surface area contributed by atoms with Crippen molar-refractivity contribution in [2.24, 2.45) is 5.92 Å². The van der Waals surface area contributed by atoms with E-state index in [1.807, 2.05) is 68.4 Å². The molecule has 0 radical (unpaired) electrons. The van der Waals surface area contributed by atoms with E-state index in [1.165, 1.54) is 4.90 Å². The fraction of sp³-hybridized carbons (Fsp3) is 0.355. The van der Waals surface area contributed by atoms with Gasteiger partial charge in [0.1, 0.15) is 18.3 Å². The zero-order chi connectivity index (χ0) is 29.3. The van der Waals surface area contributed by atoms with Gasteiger partial charge in [-0.25, -0.2) is 8.42 Å². The lowest BCUT2D eigenvalue weighted by atomic mass is 10.0. The number of nitrogens with one attached hydrogen (secondary N) is 1. The summed E-state index contributed by atoms with van der Waals surface area (Å²) in [6, 6.07) is 22.9. The van der Waals surface area contributed by atoms with Crippen LogP contribution in [0.4, 0.5) is 5.69 Å². The molecule has 9 heteroatoms. The Bertz CT molecular complexity index is 1390. The highest BCUT2D eigenvalue weighted by molar-refractivity contribution is 7.92. The summed E-state index contributed by atoms with van der Waals surface area (Å²) in [5.74, 6) is 0.0461. The van der Waals surface area contributed by atoms with Crippen LogP contribution in [-0.4, -0.2) is 57.6 Å². The molecule has 214 valence electrons. The second kappa shape index (κ2) is 14.0. The lowest BCUT2D eigenvalue weighted by molar-refractivity contribution is -0.140. The molecule has 3 rings (SSSR count). The molecule has 0 spiro atoms. The average molecular weight is 566 g/mol. The van der Waals surface area contributed by atoms with E-state index in [-0.39, 0.29) is 24.8 Å². The van der Waals surface area contributed by atoms with Gasteiger partial charge in [-0.3, -0.25) is 13.9 Å². The van der Waals surface area contributed by atoms with E-state index in [2.05, 4.69) is 5.32 Å². The average Bonchev–Trinajstić information content (AvgIpc) is 2.92. The number of benzene rings is 3. The Hall–Kier alpha value is -3.85. The molecule has 0 saturated heterocycles. The van der Waals surface area contributed by atoms with Crippen molar-refractivity contribution in [3.8, 4) is 5.75 Å². The van der Waals surface area contributed by atoms with Crippen molar-refractivity contribution in [2.75, 3.05) is 30.8 Å². The molecule has 40 heavy (non-hydrogen) atoms. The molecule has 0 aliphatic carbocycles. The number of aryl methyl sites for hydroxylation is 1. The SMILES string of the molecule is COc1cccc(CN(C(=O)CN(c2ccccc2C)S(C)(=O)=O)[C@H](Cc2ccccc2)C(=O)NCC(C)C)c1. The minimum Gasteiger partial charge on any atom is -0.497 e. The molecule has 0 bridgehead atoms.